The number of Topliss-reactive ketones (excluding diaryl/α,β-unsaturated/α-hetero) is 1. The second-order valence-corrected chi connectivity index (χ2v) is 4.14. The number of carbonyl (C=O) groups is 1. The van der Waals surface area contributed by atoms with Crippen LogP contribution in [0.15, 0.2) is 6.20 Å². The summed E-state index contributed by atoms with van der Waals surface area (Å²) in [6, 6.07) is 0.0494. The van der Waals surface area contributed by atoms with Gasteiger partial charge in [-0.1, -0.05) is 5.21 Å². The first kappa shape index (κ1) is 11.2. The van der Waals surface area contributed by atoms with Gasteiger partial charge in [0.1, 0.15) is 11.5 Å². The zero-order valence-corrected chi connectivity index (χ0v) is 9.51. The van der Waals surface area contributed by atoms with Crippen molar-refractivity contribution in [2.45, 2.75) is 24.9 Å². The summed E-state index contributed by atoms with van der Waals surface area (Å²) < 4.78 is 6.70. The number of aryl methyl sites for hydroxylation is 1. The molecule has 2 unspecified atom stereocenters. The summed E-state index contributed by atoms with van der Waals surface area (Å²) in [4.78, 5) is 11.6. The normalized spacial score (nSPS) is 26.0. The van der Waals surface area contributed by atoms with E-state index in [0.29, 0.717) is 19.4 Å². The molecule has 0 spiro atoms. The molecule has 0 radical (unpaired) electrons. The largest absolute Gasteiger partial charge is 0.383 e. The third-order valence-corrected chi connectivity index (χ3v) is 2.69. The monoisotopic (exact) mass is 224 g/mol. The van der Waals surface area contributed by atoms with Gasteiger partial charge in [-0.3, -0.25) is 9.48 Å². The number of hydrogen-bond acceptors (Lipinski definition) is 5. The van der Waals surface area contributed by atoms with Crippen molar-refractivity contribution in [3.8, 4) is 0 Å². The average molecular weight is 224 g/mol. The summed E-state index contributed by atoms with van der Waals surface area (Å²) in [7, 11) is 3.45. The molecule has 6 nitrogen and oxygen atoms in total. The first-order chi connectivity index (χ1) is 7.69. The molecule has 0 aromatic carbocycles. The molecule has 2 heterocycles. The van der Waals surface area contributed by atoms with Crippen LogP contribution in [0.2, 0.25) is 0 Å². The number of ether oxygens (including phenoxy) is 1. The molecular weight excluding hydrogens is 208 g/mol. The molecule has 1 aromatic rings. The molecule has 1 saturated heterocycles. The summed E-state index contributed by atoms with van der Waals surface area (Å²) in [5.41, 5.74) is 0.816. The van der Waals surface area contributed by atoms with E-state index in [1.54, 1.807) is 11.8 Å². The van der Waals surface area contributed by atoms with Crippen LogP contribution in [0.25, 0.3) is 0 Å². The van der Waals surface area contributed by atoms with Crippen LogP contribution in [0.1, 0.15) is 24.6 Å². The minimum Gasteiger partial charge on any atom is -0.383 e. The van der Waals surface area contributed by atoms with Crippen molar-refractivity contribution in [1.82, 2.24) is 20.3 Å². The summed E-state index contributed by atoms with van der Waals surface area (Å²) in [6.45, 7) is 0.544. The standard InChI is InChI=1S/C10H16N4O2/c1-14-5-10(12-13-14)9-4-8(15)3-7(11-9)6-16-2/h5,7,9,11H,3-4,6H2,1-2H3. The van der Waals surface area contributed by atoms with Gasteiger partial charge in [0.15, 0.2) is 0 Å². The van der Waals surface area contributed by atoms with Crippen LogP contribution in [0.4, 0.5) is 0 Å². The van der Waals surface area contributed by atoms with Crippen LogP contribution in [0, 0.1) is 0 Å². The maximum atomic E-state index is 11.6. The third-order valence-electron chi connectivity index (χ3n) is 2.69. The van der Waals surface area contributed by atoms with Crippen molar-refractivity contribution in [1.29, 1.82) is 0 Å². The Morgan fingerprint density at radius 2 is 2.44 bits per heavy atom. The number of piperidine rings is 1. The van der Waals surface area contributed by atoms with Crippen LogP contribution in [-0.4, -0.2) is 40.5 Å². The van der Waals surface area contributed by atoms with Gasteiger partial charge < -0.3 is 10.1 Å². The number of nitrogens with one attached hydrogen (secondary N) is 1. The Kier molecular flexibility index (Phi) is 3.31. The summed E-state index contributed by atoms with van der Waals surface area (Å²) in [6.07, 6.45) is 2.85. The molecule has 6 heteroatoms. The molecule has 1 fully saturated rings. The molecular formula is C10H16N4O2. The number of methoxy groups -OCH3 is 1. The number of nitrogens with zero attached hydrogens (tertiary/aromatic N) is 3. The van der Waals surface area contributed by atoms with Gasteiger partial charge in [0.05, 0.1) is 12.6 Å². The predicted octanol–water partition coefficient (Wildman–Crippen LogP) is -0.176. The van der Waals surface area contributed by atoms with Crippen LogP contribution < -0.4 is 5.32 Å². The second kappa shape index (κ2) is 4.71. The van der Waals surface area contributed by atoms with E-state index in [1.165, 1.54) is 0 Å². The van der Waals surface area contributed by atoms with E-state index >= 15 is 0 Å². The van der Waals surface area contributed by atoms with Crippen molar-refractivity contribution in [3.05, 3.63) is 11.9 Å². The Labute approximate surface area is 94.0 Å². The van der Waals surface area contributed by atoms with Gasteiger partial charge in [0, 0.05) is 39.2 Å². The van der Waals surface area contributed by atoms with E-state index in [0.717, 1.165) is 5.69 Å². The highest BCUT2D eigenvalue weighted by atomic mass is 16.5. The van der Waals surface area contributed by atoms with Gasteiger partial charge in [0.25, 0.3) is 0 Å². The Morgan fingerprint density at radius 3 is 3.06 bits per heavy atom. The lowest BCUT2D eigenvalue weighted by Crippen LogP contribution is -2.43. The summed E-state index contributed by atoms with van der Waals surface area (Å²) in [5, 5.41) is 11.3. The van der Waals surface area contributed by atoms with Gasteiger partial charge in [-0.15, -0.1) is 5.10 Å². The van der Waals surface area contributed by atoms with Crippen molar-refractivity contribution in [3.63, 3.8) is 0 Å². The molecule has 1 aliphatic heterocycles. The van der Waals surface area contributed by atoms with Gasteiger partial charge in [-0.25, -0.2) is 0 Å². The topological polar surface area (TPSA) is 69.0 Å². The molecule has 1 N–H and O–H groups in total. The van der Waals surface area contributed by atoms with Gasteiger partial charge in [0.2, 0.25) is 0 Å². The number of ketones is 1. The molecule has 2 rings (SSSR count). The van der Waals surface area contributed by atoms with Crippen LogP contribution in [0.3, 0.4) is 0 Å². The number of aromatic nitrogens is 3. The maximum absolute atomic E-state index is 11.6. The van der Waals surface area contributed by atoms with Crippen molar-refractivity contribution >= 4 is 5.78 Å². The van der Waals surface area contributed by atoms with Crippen molar-refractivity contribution in [2.75, 3.05) is 13.7 Å². The fourth-order valence-corrected chi connectivity index (χ4v) is 2.01. The van der Waals surface area contributed by atoms with Crippen LogP contribution in [-0.2, 0) is 16.6 Å². The van der Waals surface area contributed by atoms with Crippen LogP contribution in [0.5, 0.6) is 0 Å². The molecule has 16 heavy (non-hydrogen) atoms. The molecule has 0 aliphatic carbocycles. The molecule has 0 bridgehead atoms. The smallest absolute Gasteiger partial charge is 0.136 e. The third kappa shape index (κ3) is 2.45. The van der Waals surface area contributed by atoms with E-state index in [9.17, 15) is 4.79 Å². The highest BCUT2D eigenvalue weighted by molar-refractivity contribution is 5.80. The van der Waals surface area contributed by atoms with Gasteiger partial charge in [-0.05, 0) is 0 Å². The molecule has 2 atom stereocenters. The highest BCUT2D eigenvalue weighted by Crippen LogP contribution is 2.21. The average Bonchev–Trinajstić information content (AvgIpc) is 2.64. The maximum Gasteiger partial charge on any atom is 0.136 e. The lowest BCUT2D eigenvalue weighted by atomic mass is 9.96. The zero-order chi connectivity index (χ0) is 11.5. The molecule has 1 aromatic heterocycles. The molecule has 1 aliphatic rings. The minimum absolute atomic E-state index is 0.0323. The Hall–Kier alpha value is -1.27. The van der Waals surface area contributed by atoms with E-state index < -0.39 is 0 Å². The quantitative estimate of drug-likeness (QED) is 0.771. The number of hydrogen-bond donors (Lipinski definition) is 1. The zero-order valence-electron chi connectivity index (χ0n) is 9.51. The van der Waals surface area contributed by atoms with E-state index in [-0.39, 0.29) is 17.9 Å². The lowest BCUT2D eigenvalue weighted by Gasteiger charge is -2.28. The summed E-state index contributed by atoms with van der Waals surface area (Å²) in [5.74, 6) is 0.247. The highest BCUT2D eigenvalue weighted by Gasteiger charge is 2.28. The van der Waals surface area contributed by atoms with Gasteiger partial charge >= 0.3 is 0 Å². The Bertz CT molecular complexity index is 377. The SMILES string of the molecule is COCC1CC(=O)CC(c2cn(C)nn2)N1. The van der Waals surface area contributed by atoms with E-state index in [4.69, 9.17) is 4.74 Å². The second-order valence-electron chi connectivity index (χ2n) is 4.14. The van der Waals surface area contributed by atoms with E-state index in [1.807, 2.05) is 13.2 Å². The molecule has 88 valence electrons. The predicted molar refractivity (Wildman–Crippen MR) is 56.8 cm³/mol. The Balaban J connectivity index is 2.07. The summed E-state index contributed by atoms with van der Waals surface area (Å²) >= 11 is 0. The van der Waals surface area contributed by atoms with Crippen molar-refractivity contribution < 1.29 is 9.53 Å². The fraction of sp³-hybridized carbons (Fsp3) is 0.700. The van der Waals surface area contributed by atoms with Crippen molar-refractivity contribution in [2.24, 2.45) is 7.05 Å². The Morgan fingerprint density at radius 1 is 1.62 bits per heavy atom. The lowest BCUT2D eigenvalue weighted by molar-refractivity contribution is -0.122. The minimum atomic E-state index is -0.0323. The van der Waals surface area contributed by atoms with E-state index in [2.05, 4.69) is 15.6 Å². The molecule has 0 amide bonds. The van der Waals surface area contributed by atoms with Gasteiger partial charge in [-0.2, -0.15) is 0 Å². The number of carbonyl (C=O) groups excluding carboxylic acids is 1. The first-order valence-corrected chi connectivity index (χ1v) is 5.32. The fourth-order valence-electron chi connectivity index (χ4n) is 2.01. The van der Waals surface area contributed by atoms with Crippen LogP contribution >= 0.6 is 0 Å². The molecule has 0 saturated carbocycles. The number of rotatable bonds is 3. The first-order valence-electron chi connectivity index (χ1n) is 5.32.